The molecule has 0 aromatic heterocycles. The monoisotopic (exact) mass is 227 g/mol. The van der Waals surface area contributed by atoms with Gasteiger partial charge in [0.15, 0.2) is 0 Å². The molecule has 1 fully saturated rings. The van der Waals surface area contributed by atoms with Crippen LogP contribution in [0, 0.1) is 5.92 Å². The van der Waals surface area contributed by atoms with Gasteiger partial charge >= 0.3 is 5.97 Å². The first-order chi connectivity index (χ1) is 7.65. The Bertz CT molecular complexity index is 230. The van der Waals surface area contributed by atoms with E-state index in [4.69, 9.17) is 4.74 Å². The molecule has 0 radical (unpaired) electrons. The first-order valence-electron chi connectivity index (χ1n) is 6.41. The third kappa shape index (κ3) is 3.48. The normalized spacial score (nSPS) is 30.8. The molecular weight excluding hydrogens is 202 g/mol. The van der Waals surface area contributed by atoms with E-state index < -0.39 is 0 Å². The van der Waals surface area contributed by atoms with Crippen LogP contribution in [0.1, 0.15) is 51.9 Å². The van der Waals surface area contributed by atoms with E-state index in [1.165, 1.54) is 32.8 Å². The quantitative estimate of drug-likeness (QED) is 0.592. The number of nitrogens with one attached hydrogen (secondary N) is 1. The Labute approximate surface area is 98.9 Å². The fourth-order valence-electron chi connectivity index (χ4n) is 2.75. The Kier molecular flexibility index (Phi) is 5.26. The van der Waals surface area contributed by atoms with Crippen molar-refractivity contribution in [1.29, 1.82) is 0 Å². The second-order valence-electron chi connectivity index (χ2n) is 4.99. The number of carbonyl (C=O) groups is 1. The zero-order valence-electron chi connectivity index (χ0n) is 10.8. The number of esters is 1. The van der Waals surface area contributed by atoms with Crippen LogP contribution < -0.4 is 5.32 Å². The van der Waals surface area contributed by atoms with Crippen LogP contribution in [0.5, 0.6) is 0 Å². The van der Waals surface area contributed by atoms with Gasteiger partial charge in [-0.1, -0.05) is 26.2 Å². The number of ether oxygens (including phenoxy) is 1. The zero-order chi connectivity index (χ0) is 12.0. The lowest BCUT2D eigenvalue weighted by Gasteiger charge is -2.31. The van der Waals surface area contributed by atoms with Crippen molar-refractivity contribution in [2.24, 2.45) is 5.92 Å². The highest BCUT2D eigenvalue weighted by molar-refractivity contribution is 5.70. The molecule has 16 heavy (non-hydrogen) atoms. The molecule has 3 nitrogen and oxygen atoms in total. The summed E-state index contributed by atoms with van der Waals surface area (Å²) >= 11 is 0. The second kappa shape index (κ2) is 6.24. The molecule has 1 rings (SSSR count). The van der Waals surface area contributed by atoms with Crippen LogP contribution in [0.3, 0.4) is 0 Å². The van der Waals surface area contributed by atoms with Gasteiger partial charge in [0.25, 0.3) is 0 Å². The molecule has 0 heterocycles. The third-order valence-electron chi connectivity index (χ3n) is 4.12. The number of rotatable bonds is 4. The summed E-state index contributed by atoms with van der Waals surface area (Å²) in [6.45, 7) is 2.26. The lowest BCUT2D eigenvalue weighted by molar-refractivity contribution is -0.142. The molecule has 2 unspecified atom stereocenters. The average Bonchev–Trinajstić information content (AvgIpc) is 2.52. The minimum absolute atomic E-state index is 0.0169. The maximum Gasteiger partial charge on any atom is 0.307 e. The number of hydrogen-bond donors (Lipinski definition) is 1. The number of carbonyl (C=O) groups excluding carboxylic acids is 1. The molecule has 1 aliphatic carbocycles. The lowest BCUT2D eigenvalue weighted by Crippen LogP contribution is -2.44. The van der Waals surface area contributed by atoms with Gasteiger partial charge in [0, 0.05) is 5.54 Å². The Morgan fingerprint density at radius 3 is 2.75 bits per heavy atom. The van der Waals surface area contributed by atoms with E-state index in [1.807, 2.05) is 7.05 Å². The second-order valence-corrected chi connectivity index (χ2v) is 4.99. The molecule has 0 aromatic rings. The molecule has 1 aliphatic rings. The first-order valence-corrected chi connectivity index (χ1v) is 6.41. The lowest BCUT2D eigenvalue weighted by atomic mass is 9.86. The molecule has 0 aromatic carbocycles. The van der Waals surface area contributed by atoms with E-state index >= 15 is 0 Å². The van der Waals surface area contributed by atoms with Crippen LogP contribution >= 0.6 is 0 Å². The highest BCUT2D eigenvalue weighted by atomic mass is 16.5. The van der Waals surface area contributed by atoms with Crippen LogP contribution in [0.4, 0.5) is 0 Å². The zero-order valence-corrected chi connectivity index (χ0v) is 10.8. The van der Waals surface area contributed by atoms with Gasteiger partial charge in [0.1, 0.15) is 0 Å². The number of methoxy groups -OCH3 is 1. The van der Waals surface area contributed by atoms with Crippen molar-refractivity contribution in [3.05, 3.63) is 0 Å². The van der Waals surface area contributed by atoms with Crippen molar-refractivity contribution in [1.82, 2.24) is 5.32 Å². The Morgan fingerprint density at radius 1 is 1.44 bits per heavy atom. The van der Waals surface area contributed by atoms with Crippen molar-refractivity contribution >= 4 is 5.97 Å². The van der Waals surface area contributed by atoms with E-state index in [-0.39, 0.29) is 11.5 Å². The van der Waals surface area contributed by atoms with Gasteiger partial charge in [-0.05, 0) is 32.2 Å². The summed E-state index contributed by atoms with van der Waals surface area (Å²) in [7, 11) is 3.44. The van der Waals surface area contributed by atoms with E-state index in [0.717, 1.165) is 18.8 Å². The molecule has 1 saturated carbocycles. The predicted octanol–water partition coefficient (Wildman–Crippen LogP) is 2.50. The Hall–Kier alpha value is -0.570. The van der Waals surface area contributed by atoms with Gasteiger partial charge in [-0.15, -0.1) is 0 Å². The van der Waals surface area contributed by atoms with Gasteiger partial charge < -0.3 is 10.1 Å². The molecule has 94 valence electrons. The summed E-state index contributed by atoms with van der Waals surface area (Å²) in [5.41, 5.74) is -0.0169. The van der Waals surface area contributed by atoms with Crippen molar-refractivity contribution in [2.45, 2.75) is 57.4 Å². The topological polar surface area (TPSA) is 38.3 Å². The molecule has 0 bridgehead atoms. The summed E-state index contributed by atoms with van der Waals surface area (Å²) in [5, 5.41) is 3.37. The van der Waals surface area contributed by atoms with E-state index in [1.54, 1.807) is 0 Å². The van der Waals surface area contributed by atoms with Crippen LogP contribution in [-0.2, 0) is 9.53 Å². The van der Waals surface area contributed by atoms with Crippen molar-refractivity contribution < 1.29 is 9.53 Å². The van der Waals surface area contributed by atoms with Crippen LogP contribution in [0.15, 0.2) is 0 Å². The van der Waals surface area contributed by atoms with Crippen LogP contribution in [-0.4, -0.2) is 25.7 Å². The summed E-state index contributed by atoms with van der Waals surface area (Å²) in [5.74, 6) is 0.747. The predicted molar refractivity (Wildman–Crippen MR) is 65.3 cm³/mol. The van der Waals surface area contributed by atoms with E-state index in [0.29, 0.717) is 6.42 Å². The fraction of sp³-hybridized carbons (Fsp3) is 0.923. The molecule has 2 atom stereocenters. The minimum Gasteiger partial charge on any atom is -0.469 e. The fourth-order valence-corrected chi connectivity index (χ4v) is 2.75. The van der Waals surface area contributed by atoms with Gasteiger partial charge in [-0.25, -0.2) is 0 Å². The maximum absolute atomic E-state index is 11.4. The molecule has 0 spiro atoms. The SMILES string of the molecule is CCC1CCCC(CC(=O)OC)(NC)CC1. The molecule has 1 N–H and O–H groups in total. The number of hydrogen-bond acceptors (Lipinski definition) is 3. The van der Waals surface area contributed by atoms with Gasteiger partial charge in [0.05, 0.1) is 13.5 Å². The summed E-state index contributed by atoms with van der Waals surface area (Å²) in [6, 6.07) is 0. The molecular formula is C13H25NO2. The highest BCUT2D eigenvalue weighted by Gasteiger charge is 2.33. The maximum atomic E-state index is 11.4. The molecule has 0 saturated heterocycles. The highest BCUT2D eigenvalue weighted by Crippen LogP contribution is 2.33. The van der Waals surface area contributed by atoms with Gasteiger partial charge in [0.2, 0.25) is 0 Å². The standard InChI is InChI=1S/C13H25NO2/c1-4-11-6-5-8-13(14-2,9-7-11)10-12(15)16-3/h11,14H,4-10H2,1-3H3. The summed E-state index contributed by atoms with van der Waals surface area (Å²) < 4.78 is 4.79. The van der Waals surface area contributed by atoms with Gasteiger partial charge in [-0.3, -0.25) is 4.79 Å². The summed E-state index contributed by atoms with van der Waals surface area (Å²) in [4.78, 5) is 11.4. The molecule has 0 amide bonds. The largest absolute Gasteiger partial charge is 0.469 e. The Balaban J connectivity index is 2.61. The smallest absolute Gasteiger partial charge is 0.307 e. The first kappa shape index (κ1) is 13.5. The van der Waals surface area contributed by atoms with E-state index in [9.17, 15) is 4.79 Å². The molecule has 0 aliphatic heterocycles. The van der Waals surface area contributed by atoms with Crippen molar-refractivity contribution in [3.8, 4) is 0 Å². The van der Waals surface area contributed by atoms with Crippen molar-refractivity contribution in [2.75, 3.05) is 14.2 Å². The van der Waals surface area contributed by atoms with Gasteiger partial charge in [-0.2, -0.15) is 0 Å². The van der Waals surface area contributed by atoms with Crippen LogP contribution in [0.25, 0.3) is 0 Å². The molecule has 3 heteroatoms. The van der Waals surface area contributed by atoms with E-state index in [2.05, 4.69) is 12.2 Å². The summed E-state index contributed by atoms with van der Waals surface area (Å²) in [6.07, 6.45) is 7.71. The third-order valence-corrected chi connectivity index (χ3v) is 4.12. The Morgan fingerprint density at radius 2 is 2.19 bits per heavy atom. The van der Waals surface area contributed by atoms with Crippen molar-refractivity contribution in [3.63, 3.8) is 0 Å². The average molecular weight is 227 g/mol. The minimum atomic E-state index is -0.0932. The van der Waals surface area contributed by atoms with Crippen LogP contribution in [0.2, 0.25) is 0 Å².